The van der Waals surface area contributed by atoms with Gasteiger partial charge < -0.3 is 5.11 Å². The second-order valence-corrected chi connectivity index (χ2v) is 7.50. The van der Waals surface area contributed by atoms with Gasteiger partial charge in [0.1, 0.15) is 0 Å². The van der Waals surface area contributed by atoms with Gasteiger partial charge in [-0.3, -0.25) is 5.10 Å². The number of carbonyl (C=O) groups is 1. The lowest BCUT2D eigenvalue weighted by molar-refractivity contribution is -0.131. The van der Waals surface area contributed by atoms with Crippen LogP contribution in [0.1, 0.15) is 28.7 Å². The van der Waals surface area contributed by atoms with E-state index >= 15 is 0 Å². The third-order valence-electron chi connectivity index (χ3n) is 5.12. The van der Waals surface area contributed by atoms with Gasteiger partial charge >= 0.3 is 5.97 Å². The molecule has 4 aromatic rings. The van der Waals surface area contributed by atoms with Gasteiger partial charge in [0.2, 0.25) is 0 Å². The van der Waals surface area contributed by atoms with Gasteiger partial charge in [-0.05, 0) is 58.0 Å². The number of benzene rings is 3. The molecule has 0 aliphatic rings. The number of rotatable bonds is 7. The molecule has 0 saturated heterocycles. The maximum Gasteiger partial charge on any atom is 0.328 e. The van der Waals surface area contributed by atoms with Crippen molar-refractivity contribution in [3.05, 3.63) is 107 Å². The lowest BCUT2D eigenvalue weighted by Gasteiger charge is -2.17. The van der Waals surface area contributed by atoms with Crippen LogP contribution in [0.25, 0.3) is 28.1 Å². The van der Waals surface area contributed by atoms with Gasteiger partial charge in [0, 0.05) is 17.3 Å². The SMILES string of the molecule is O=C(O)C=Cc1ccc(C(=C(CCCl)c2ccccc2)c2ccc3[nH]ncc3c2)cc1. The van der Waals surface area contributed by atoms with Crippen LogP contribution in [0.3, 0.4) is 0 Å². The van der Waals surface area contributed by atoms with Crippen molar-refractivity contribution in [3.8, 4) is 0 Å². The van der Waals surface area contributed by atoms with Crippen LogP contribution in [0.15, 0.2) is 85.1 Å². The Balaban J connectivity index is 1.91. The monoisotopic (exact) mass is 428 g/mol. The van der Waals surface area contributed by atoms with Crippen molar-refractivity contribution in [2.24, 2.45) is 0 Å². The summed E-state index contributed by atoms with van der Waals surface area (Å²) in [5.41, 5.74) is 7.31. The zero-order chi connectivity index (χ0) is 21.6. The van der Waals surface area contributed by atoms with Gasteiger partial charge in [-0.2, -0.15) is 5.10 Å². The molecule has 154 valence electrons. The second-order valence-electron chi connectivity index (χ2n) is 7.12. The molecule has 0 radical (unpaired) electrons. The minimum atomic E-state index is -0.966. The number of fused-ring (bicyclic) bond motifs is 1. The molecule has 0 atom stereocenters. The highest BCUT2D eigenvalue weighted by Gasteiger charge is 2.15. The molecule has 4 nitrogen and oxygen atoms in total. The van der Waals surface area contributed by atoms with Gasteiger partial charge in [-0.15, -0.1) is 11.6 Å². The van der Waals surface area contributed by atoms with E-state index in [1.807, 2.05) is 54.7 Å². The summed E-state index contributed by atoms with van der Waals surface area (Å²) in [5.74, 6) is -0.465. The predicted molar refractivity (Wildman–Crippen MR) is 127 cm³/mol. The van der Waals surface area contributed by atoms with Crippen LogP contribution in [0, 0.1) is 0 Å². The number of nitrogens with zero attached hydrogens (tertiary/aromatic N) is 1. The van der Waals surface area contributed by atoms with Gasteiger partial charge in [0.15, 0.2) is 0 Å². The quantitative estimate of drug-likeness (QED) is 0.208. The number of halogens is 1. The van der Waals surface area contributed by atoms with E-state index in [1.165, 1.54) is 0 Å². The van der Waals surface area contributed by atoms with Crippen molar-refractivity contribution in [2.45, 2.75) is 6.42 Å². The van der Waals surface area contributed by atoms with E-state index in [0.717, 1.165) is 50.4 Å². The molecule has 0 unspecified atom stereocenters. The van der Waals surface area contributed by atoms with Crippen LogP contribution in [0.2, 0.25) is 0 Å². The highest BCUT2D eigenvalue weighted by Crippen LogP contribution is 2.35. The number of allylic oxidation sites excluding steroid dienone is 1. The maximum atomic E-state index is 10.8. The Bertz CT molecular complexity index is 1260. The molecule has 3 aromatic carbocycles. The Labute approximate surface area is 185 Å². The summed E-state index contributed by atoms with van der Waals surface area (Å²) in [4.78, 5) is 10.8. The molecule has 2 N–H and O–H groups in total. The normalized spacial score (nSPS) is 12.3. The molecule has 1 aromatic heterocycles. The Morgan fingerprint density at radius 2 is 1.71 bits per heavy atom. The summed E-state index contributed by atoms with van der Waals surface area (Å²) in [6.07, 6.45) is 5.26. The Morgan fingerprint density at radius 1 is 0.968 bits per heavy atom. The summed E-state index contributed by atoms with van der Waals surface area (Å²) in [5, 5.41) is 17.1. The van der Waals surface area contributed by atoms with E-state index in [1.54, 1.807) is 6.08 Å². The number of aromatic nitrogens is 2. The van der Waals surface area contributed by atoms with E-state index in [0.29, 0.717) is 12.3 Å². The third-order valence-corrected chi connectivity index (χ3v) is 5.30. The number of alkyl halides is 1. The minimum Gasteiger partial charge on any atom is -0.478 e. The third kappa shape index (κ3) is 4.76. The molecular weight excluding hydrogens is 408 g/mol. The topological polar surface area (TPSA) is 66.0 Å². The minimum absolute atomic E-state index is 0.501. The van der Waals surface area contributed by atoms with Crippen LogP contribution in [0.5, 0.6) is 0 Å². The van der Waals surface area contributed by atoms with Crippen molar-refractivity contribution in [1.82, 2.24) is 10.2 Å². The standard InChI is InChI=1S/C26H21ClN2O2/c27-15-14-23(19-4-2-1-3-5-19)26(21-11-12-24-22(16-21)17-28-29-24)20-9-6-18(7-10-20)8-13-25(30)31/h1-13,16-17H,14-15H2,(H,28,29)(H,30,31). The van der Waals surface area contributed by atoms with Crippen LogP contribution >= 0.6 is 11.6 Å². The van der Waals surface area contributed by atoms with E-state index in [2.05, 4.69) is 34.5 Å². The number of aromatic amines is 1. The van der Waals surface area contributed by atoms with Gasteiger partial charge in [-0.1, -0.05) is 60.7 Å². The number of aliphatic carboxylic acids is 1. The zero-order valence-electron chi connectivity index (χ0n) is 16.8. The molecular formula is C26H21ClN2O2. The summed E-state index contributed by atoms with van der Waals surface area (Å²) >= 11 is 6.22. The number of nitrogens with one attached hydrogen (secondary N) is 1. The van der Waals surface area contributed by atoms with E-state index in [-0.39, 0.29) is 0 Å². The average Bonchev–Trinajstić information content (AvgIpc) is 3.27. The Hall–Kier alpha value is -3.63. The zero-order valence-corrected chi connectivity index (χ0v) is 17.5. The van der Waals surface area contributed by atoms with Gasteiger partial charge in [0.05, 0.1) is 11.7 Å². The summed E-state index contributed by atoms with van der Waals surface area (Å²) in [7, 11) is 0. The van der Waals surface area contributed by atoms with Crippen LogP contribution in [-0.4, -0.2) is 27.2 Å². The number of carboxylic acids is 1. The molecule has 31 heavy (non-hydrogen) atoms. The first kappa shape index (κ1) is 20.6. The molecule has 0 spiro atoms. The predicted octanol–water partition coefficient (Wildman–Crippen LogP) is 6.25. The smallest absolute Gasteiger partial charge is 0.328 e. The molecule has 0 aliphatic heterocycles. The molecule has 0 fully saturated rings. The fourth-order valence-electron chi connectivity index (χ4n) is 3.69. The van der Waals surface area contributed by atoms with E-state index in [4.69, 9.17) is 16.7 Å². The van der Waals surface area contributed by atoms with Gasteiger partial charge in [0.25, 0.3) is 0 Å². The van der Waals surface area contributed by atoms with Crippen LogP contribution in [-0.2, 0) is 4.79 Å². The fourth-order valence-corrected chi connectivity index (χ4v) is 3.88. The van der Waals surface area contributed by atoms with E-state index in [9.17, 15) is 4.79 Å². The largest absolute Gasteiger partial charge is 0.478 e. The maximum absolute atomic E-state index is 10.8. The molecule has 4 rings (SSSR count). The first-order valence-corrected chi connectivity index (χ1v) is 10.5. The summed E-state index contributed by atoms with van der Waals surface area (Å²) < 4.78 is 0. The van der Waals surface area contributed by atoms with Crippen molar-refractivity contribution in [3.63, 3.8) is 0 Å². The molecule has 0 amide bonds. The number of H-pyrrole nitrogens is 1. The number of carboxylic acid groups (broad SMARTS) is 1. The van der Waals surface area contributed by atoms with Crippen molar-refractivity contribution >= 4 is 45.7 Å². The highest BCUT2D eigenvalue weighted by molar-refractivity contribution is 6.18. The number of hydrogen-bond donors (Lipinski definition) is 2. The van der Waals surface area contributed by atoms with Gasteiger partial charge in [-0.25, -0.2) is 4.79 Å². The van der Waals surface area contributed by atoms with E-state index < -0.39 is 5.97 Å². The fraction of sp³-hybridized carbons (Fsp3) is 0.0769. The van der Waals surface area contributed by atoms with Crippen LogP contribution in [0.4, 0.5) is 0 Å². The van der Waals surface area contributed by atoms with Crippen LogP contribution < -0.4 is 0 Å². The van der Waals surface area contributed by atoms with Crippen molar-refractivity contribution < 1.29 is 9.90 Å². The molecule has 1 heterocycles. The summed E-state index contributed by atoms with van der Waals surface area (Å²) in [6.45, 7) is 0. The summed E-state index contributed by atoms with van der Waals surface area (Å²) in [6, 6.07) is 24.4. The van der Waals surface area contributed by atoms with Crippen molar-refractivity contribution in [2.75, 3.05) is 5.88 Å². The Kier molecular flexibility index (Phi) is 6.29. The lowest BCUT2D eigenvalue weighted by Crippen LogP contribution is -1.97. The molecule has 0 bridgehead atoms. The Morgan fingerprint density at radius 3 is 2.42 bits per heavy atom. The first-order chi connectivity index (χ1) is 15.2. The molecule has 5 heteroatoms. The molecule has 0 aliphatic carbocycles. The first-order valence-electron chi connectivity index (χ1n) is 9.95. The number of hydrogen-bond acceptors (Lipinski definition) is 2. The highest BCUT2D eigenvalue weighted by atomic mass is 35.5. The van der Waals surface area contributed by atoms with Crippen molar-refractivity contribution in [1.29, 1.82) is 0 Å². The second kappa shape index (κ2) is 9.45. The average molecular weight is 429 g/mol. The lowest BCUT2D eigenvalue weighted by atomic mass is 9.87. The molecule has 0 saturated carbocycles.